The molecule has 0 unspecified atom stereocenters. The van der Waals surface area contributed by atoms with Crippen LogP contribution in [0, 0.1) is 0 Å². The highest BCUT2D eigenvalue weighted by molar-refractivity contribution is 7.81. The molecule has 0 fully saturated rings. The fourth-order valence-corrected chi connectivity index (χ4v) is 7.83. The van der Waals surface area contributed by atoms with E-state index in [1.807, 2.05) is 0 Å². The molecule has 1 aromatic carbocycles. The Balaban J connectivity index is 2.11. The first-order valence-electron chi connectivity index (χ1n) is 21.9. The van der Waals surface area contributed by atoms with Crippen molar-refractivity contribution in [1.29, 1.82) is 0 Å². The lowest BCUT2D eigenvalue weighted by atomic mass is 10.0. The summed E-state index contributed by atoms with van der Waals surface area (Å²) in [5, 5.41) is 0. The van der Waals surface area contributed by atoms with Gasteiger partial charge in [-0.05, 0) is 42.0 Å². The molecule has 0 spiro atoms. The molecule has 0 atom stereocenters. The van der Waals surface area contributed by atoms with Crippen LogP contribution in [0.2, 0.25) is 0 Å². The molecule has 0 radical (unpaired) electrons. The topological polar surface area (TPSA) is 18.5 Å². The number of unbranched alkanes of at least 4 members (excludes halogenated alkanes) is 30. The highest BCUT2D eigenvalue weighted by Gasteiger charge is 2.12. The standard InChI is InChI=1S/C45H84O2S2/c1-3-5-7-9-11-13-15-17-19-21-23-25-27-29-31-33-35-46-44-37-42(43(40-48)41-49)38-45(39-44)47-36-34-32-30-28-26-24-22-20-18-16-14-12-10-8-6-4-2/h37-39,43,48-49H,3-36,40-41H2,1-2H3. The van der Waals surface area contributed by atoms with Crippen molar-refractivity contribution in [1.82, 2.24) is 0 Å². The van der Waals surface area contributed by atoms with E-state index in [-0.39, 0.29) is 0 Å². The van der Waals surface area contributed by atoms with E-state index < -0.39 is 0 Å². The maximum absolute atomic E-state index is 6.25. The highest BCUT2D eigenvalue weighted by Crippen LogP contribution is 2.30. The van der Waals surface area contributed by atoms with E-state index in [0.717, 1.165) is 49.1 Å². The summed E-state index contributed by atoms with van der Waals surface area (Å²) in [6.45, 7) is 6.17. The molecule has 0 bridgehead atoms. The van der Waals surface area contributed by atoms with Gasteiger partial charge < -0.3 is 9.47 Å². The predicted molar refractivity (Wildman–Crippen MR) is 227 cm³/mol. The Morgan fingerprint density at radius 1 is 0.367 bits per heavy atom. The number of thiol groups is 2. The Kier molecular flexibility index (Phi) is 35.4. The van der Waals surface area contributed by atoms with E-state index in [2.05, 4.69) is 57.3 Å². The van der Waals surface area contributed by atoms with Crippen LogP contribution in [0.15, 0.2) is 18.2 Å². The van der Waals surface area contributed by atoms with Crippen molar-refractivity contribution in [2.75, 3.05) is 24.7 Å². The van der Waals surface area contributed by atoms with Crippen LogP contribution in [0.4, 0.5) is 0 Å². The van der Waals surface area contributed by atoms with Crippen molar-refractivity contribution in [3.63, 3.8) is 0 Å². The Morgan fingerprint density at radius 2 is 0.612 bits per heavy atom. The van der Waals surface area contributed by atoms with Gasteiger partial charge in [0.15, 0.2) is 0 Å². The zero-order valence-electron chi connectivity index (χ0n) is 33.0. The first kappa shape index (κ1) is 46.5. The molecule has 2 nitrogen and oxygen atoms in total. The zero-order chi connectivity index (χ0) is 35.3. The molecule has 0 aliphatic carbocycles. The molecule has 49 heavy (non-hydrogen) atoms. The molecule has 0 saturated heterocycles. The van der Waals surface area contributed by atoms with Crippen molar-refractivity contribution < 1.29 is 9.47 Å². The van der Waals surface area contributed by atoms with Crippen LogP contribution in [-0.4, -0.2) is 24.7 Å². The molecule has 4 heteroatoms. The van der Waals surface area contributed by atoms with Gasteiger partial charge in [-0.25, -0.2) is 0 Å². The Labute approximate surface area is 318 Å². The van der Waals surface area contributed by atoms with Gasteiger partial charge in [-0.15, -0.1) is 0 Å². The third-order valence-corrected chi connectivity index (χ3v) is 11.2. The van der Waals surface area contributed by atoms with Gasteiger partial charge in [0, 0.05) is 12.0 Å². The van der Waals surface area contributed by atoms with Gasteiger partial charge in [-0.2, -0.15) is 25.3 Å². The molecule has 0 aliphatic rings. The highest BCUT2D eigenvalue weighted by atomic mass is 32.1. The number of hydrogen-bond donors (Lipinski definition) is 2. The van der Waals surface area contributed by atoms with Gasteiger partial charge in [-0.3, -0.25) is 0 Å². The first-order valence-corrected chi connectivity index (χ1v) is 23.1. The van der Waals surface area contributed by atoms with Crippen molar-refractivity contribution in [2.24, 2.45) is 0 Å². The van der Waals surface area contributed by atoms with Crippen molar-refractivity contribution in [3.8, 4) is 11.5 Å². The molecule has 0 N–H and O–H groups in total. The third kappa shape index (κ3) is 29.8. The van der Waals surface area contributed by atoms with Crippen molar-refractivity contribution in [3.05, 3.63) is 23.8 Å². The van der Waals surface area contributed by atoms with Gasteiger partial charge in [0.05, 0.1) is 13.2 Å². The predicted octanol–water partition coefficient (Wildman–Crippen LogP) is 15.9. The minimum atomic E-state index is 0.309. The lowest BCUT2D eigenvalue weighted by Gasteiger charge is -2.17. The summed E-state index contributed by atoms with van der Waals surface area (Å²) in [5.41, 5.74) is 1.23. The second-order valence-electron chi connectivity index (χ2n) is 15.1. The van der Waals surface area contributed by atoms with Gasteiger partial charge in [0.2, 0.25) is 0 Å². The van der Waals surface area contributed by atoms with E-state index in [1.165, 1.54) is 198 Å². The molecule has 0 heterocycles. The number of hydrogen-bond acceptors (Lipinski definition) is 4. The Bertz CT molecular complexity index is 740. The van der Waals surface area contributed by atoms with Crippen LogP contribution in [0.5, 0.6) is 11.5 Å². The van der Waals surface area contributed by atoms with Gasteiger partial charge in [-0.1, -0.05) is 206 Å². The fraction of sp³-hybridized carbons (Fsp3) is 0.867. The second-order valence-corrected chi connectivity index (χ2v) is 15.8. The van der Waals surface area contributed by atoms with Crippen LogP contribution in [0.3, 0.4) is 0 Å². The largest absolute Gasteiger partial charge is 0.493 e. The molecule has 0 aliphatic heterocycles. The van der Waals surface area contributed by atoms with Crippen LogP contribution in [0.25, 0.3) is 0 Å². The minimum Gasteiger partial charge on any atom is -0.493 e. The number of rotatable bonds is 39. The summed E-state index contributed by atoms with van der Waals surface area (Å²) < 4.78 is 12.5. The maximum atomic E-state index is 6.25. The second kappa shape index (κ2) is 37.3. The summed E-state index contributed by atoms with van der Waals surface area (Å²) >= 11 is 9.17. The Morgan fingerprint density at radius 3 is 0.857 bits per heavy atom. The zero-order valence-corrected chi connectivity index (χ0v) is 34.8. The monoisotopic (exact) mass is 721 g/mol. The summed E-state index contributed by atoms with van der Waals surface area (Å²) in [6.07, 6.45) is 44.5. The normalized spacial score (nSPS) is 11.5. The average Bonchev–Trinajstić information content (AvgIpc) is 3.11. The average molecular weight is 721 g/mol. The van der Waals surface area contributed by atoms with E-state index in [9.17, 15) is 0 Å². The molecule has 0 aromatic heterocycles. The lowest BCUT2D eigenvalue weighted by Crippen LogP contribution is -2.06. The Hall–Kier alpha value is -0.480. The molecule has 1 rings (SSSR count). The summed E-state index contributed by atoms with van der Waals surface area (Å²) in [7, 11) is 0. The summed E-state index contributed by atoms with van der Waals surface area (Å²) in [4.78, 5) is 0. The SMILES string of the molecule is CCCCCCCCCCCCCCCCCCOc1cc(OCCCCCCCCCCCCCCCCCC)cc(C(CS)CS)c1. The number of ether oxygens (including phenoxy) is 2. The molecule has 1 aromatic rings. The molecular weight excluding hydrogens is 637 g/mol. The molecule has 0 saturated carbocycles. The maximum Gasteiger partial charge on any atom is 0.123 e. The quantitative estimate of drug-likeness (QED) is 0.0521. The van der Waals surface area contributed by atoms with Crippen LogP contribution in [0.1, 0.15) is 231 Å². The van der Waals surface area contributed by atoms with E-state index in [0.29, 0.717) is 5.92 Å². The van der Waals surface area contributed by atoms with Gasteiger partial charge >= 0.3 is 0 Å². The smallest absolute Gasteiger partial charge is 0.123 e. The van der Waals surface area contributed by atoms with Crippen LogP contribution < -0.4 is 9.47 Å². The minimum absolute atomic E-state index is 0.309. The molecule has 0 amide bonds. The summed E-state index contributed by atoms with van der Waals surface area (Å²) in [5.74, 6) is 3.75. The van der Waals surface area contributed by atoms with E-state index >= 15 is 0 Å². The van der Waals surface area contributed by atoms with Crippen LogP contribution >= 0.6 is 25.3 Å². The first-order chi connectivity index (χ1) is 24.2. The van der Waals surface area contributed by atoms with Gasteiger partial charge in [0.1, 0.15) is 11.5 Å². The lowest BCUT2D eigenvalue weighted by molar-refractivity contribution is 0.289. The van der Waals surface area contributed by atoms with E-state index in [4.69, 9.17) is 9.47 Å². The van der Waals surface area contributed by atoms with E-state index in [1.54, 1.807) is 0 Å². The molecular formula is C45H84O2S2. The van der Waals surface area contributed by atoms with Gasteiger partial charge in [0.25, 0.3) is 0 Å². The van der Waals surface area contributed by atoms with Crippen LogP contribution in [-0.2, 0) is 0 Å². The third-order valence-electron chi connectivity index (χ3n) is 10.3. The van der Waals surface area contributed by atoms with Crippen molar-refractivity contribution >= 4 is 25.3 Å². The van der Waals surface area contributed by atoms with Crippen molar-refractivity contribution in [2.45, 2.75) is 225 Å². The molecule has 288 valence electrons. The fourth-order valence-electron chi connectivity index (χ4n) is 6.95. The summed E-state index contributed by atoms with van der Waals surface area (Å²) in [6, 6.07) is 6.46. The number of benzene rings is 1.